The van der Waals surface area contributed by atoms with Gasteiger partial charge in [-0.25, -0.2) is 0 Å². The Morgan fingerprint density at radius 2 is 1.46 bits per heavy atom. The lowest BCUT2D eigenvalue weighted by Gasteiger charge is -2.08. The second-order valence-electron chi connectivity index (χ2n) is 5.24. The van der Waals surface area contributed by atoms with Crippen LogP contribution in [0.25, 0.3) is 5.69 Å². The molecule has 2 aromatic carbocycles. The van der Waals surface area contributed by atoms with Gasteiger partial charge >= 0.3 is 0 Å². The summed E-state index contributed by atoms with van der Waals surface area (Å²) in [5.41, 5.74) is 1.38. The summed E-state index contributed by atoms with van der Waals surface area (Å²) in [6.07, 6.45) is 0. The van der Waals surface area contributed by atoms with Gasteiger partial charge in [0.2, 0.25) is 5.69 Å². The van der Waals surface area contributed by atoms with Crippen LogP contribution < -0.4 is 19.5 Å². The van der Waals surface area contributed by atoms with E-state index in [4.69, 9.17) is 14.2 Å². The van der Waals surface area contributed by atoms with Gasteiger partial charge in [-0.3, -0.25) is 4.79 Å². The monoisotopic (exact) mass is 354 g/mol. The van der Waals surface area contributed by atoms with E-state index in [0.29, 0.717) is 22.9 Å². The molecular formula is C18H18N4O4. The largest absolute Gasteiger partial charge is 0.497 e. The van der Waals surface area contributed by atoms with Gasteiger partial charge in [-0.05, 0) is 48.5 Å². The Labute approximate surface area is 150 Å². The van der Waals surface area contributed by atoms with Gasteiger partial charge in [0.05, 0.1) is 27.0 Å². The Hall–Kier alpha value is -3.55. The van der Waals surface area contributed by atoms with Crippen LogP contribution in [-0.2, 0) is 0 Å². The van der Waals surface area contributed by atoms with Crippen molar-refractivity contribution in [2.75, 3.05) is 26.6 Å². The number of aromatic nitrogens is 3. The summed E-state index contributed by atoms with van der Waals surface area (Å²) in [5, 5.41) is 10.7. The van der Waals surface area contributed by atoms with Crippen molar-refractivity contribution in [3.05, 3.63) is 54.2 Å². The molecule has 0 aliphatic rings. The summed E-state index contributed by atoms with van der Waals surface area (Å²) in [6.45, 7) is 0. The topological polar surface area (TPSA) is 87.5 Å². The van der Waals surface area contributed by atoms with E-state index < -0.39 is 5.91 Å². The van der Waals surface area contributed by atoms with Crippen molar-refractivity contribution >= 4 is 11.6 Å². The highest BCUT2D eigenvalue weighted by Gasteiger charge is 2.22. The second-order valence-corrected chi connectivity index (χ2v) is 5.24. The molecule has 1 N–H and O–H groups in total. The van der Waals surface area contributed by atoms with E-state index in [0.717, 1.165) is 0 Å². The Bertz CT molecular complexity index is 889. The minimum absolute atomic E-state index is 0.0825. The molecule has 8 heteroatoms. The summed E-state index contributed by atoms with van der Waals surface area (Å²) in [6, 6.07) is 14.1. The molecule has 1 aromatic heterocycles. The summed E-state index contributed by atoms with van der Waals surface area (Å²) >= 11 is 0. The fourth-order valence-corrected chi connectivity index (χ4v) is 2.36. The molecule has 0 aliphatic heterocycles. The molecule has 3 aromatic rings. The van der Waals surface area contributed by atoms with Crippen molar-refractivity contribution in [2.45, 2.75) is 0 Å². The van der Waals surface area contributed by atoms with E-state index in [9.17, 15) is 4.79 Å². The average molecular weight is 354 g/mol. The molecule has 0 radical (unpaired) electrons. The summed E-state index contributed by atoms with van der Waals surface area (Å²) < 4.78 is 17.0. The predicted octanol–water partition coefficient (Wildman–Crippen LogP) is 2.55. The number of hydrogen-bond donors (Lipinski definition) is 1. The lowest BCUT2D eigenvalue weighted by atomic mass is 10.3. The van der Waals surface area contributed by atoms with Crippen molar-refractivity contribution in [3.8, 4) is 23.1 Å². The zero-order chi connectivity index (χ0) is 18.5. The molecule has 0 aliphatic carbocycles. The molecule has 1 amide bonds. The number of nitrogens with one attached hydrogen (secondary N) is 1. The number of anilines is 1. The Kier molecular flexibility index (Phi) is 5.02. The normalized spacial score (nSPS) is 10.3. The van der Waals surface area contributed by atoms with Crippen molar-refractivity contribution in [1.82, 2.24) is 15.0 Å². The molecule has 0 spiro atoms. The van der Waals surface area contributed by atoms with Crippen LogP contribution in [0.15, 0.2) is 48.5 Å². The van der Waals surface area contributed by atoms with E-state index in [-0.39, 0.29) is 11.6 Å². The number of rotatable bonds is 6. The minimum Gasteiger partial charge on any atom is -0.497 e. The lowest BCUT2D eigenvalue weighted by molar-refractivity contribution is 0.101. The molecule has 0 bridgehead atoms. The SMILES string of the molecule is COc1ccc(NC(=O)c2nnn(-c3ccc(OC)cc3)c2OC)cc1. The number of hydrogen-bond acceptors (Lipinski definition) is 6. The van der Waals surface area contributed by atoms with Crippen molar-refractivity contribution in [2.24, 2.45) is 0 Å². The fourth-order valence-electron chi connectivity index (χ4n) is 2.36. The third-order valence-electron chi connectivity index (χ3n) is 3.70. The van der Waals surface area contributed by atoms with Crippen LogP contribution in [0.4, 0.5) is 5.69 Å². The van der Waals surface area contributed by atoms with E-state index in [1.807, 2.05) is 0 Å². The average Bonchev–Trinajstić information content (AvgIpc) is 3.13. The number of methoxy groups -OCH3 is 3. The zero-order valence-electron chi connectivity index (χ0n) is 14.6. The second kappa shape index (κ2) is 7.56. The van der Waals surface area contributed by atoms with E-state index in [1.165, 1.54) is 11.8 Å². The van der Waals surface area contributed by atoms with Gasteiger partial charge in [0.25, 0.3) is 11.8 Å². The summed E-state index contributed by atoms with van der Waals surface area (Å²) in [7, 11) is 4.63. The van der Waals surface area contributed by atoms with Crippen LogP contribution >= 0.6 is 0 Å². The van der Waals surface area contributed by atoms with Crippen LogP contribution in [-0.4, -0.2) is 42.2 Å². The fraction of sp³-hybridized carbons (Fsp3) is 0.167. The first-order chi connectivity index (χ1) is 12.7. The molecule has 0 saturated heterocycles. The Balaban J connectivity index is 1.85. The Morgan fingerprint density at radius 3 is 2.00 bits per heavy atom. The first-order valence-corrected chi connectivity index (χ1v) is 7.75. The van der Waals surface area contributed by atoms with E-state index >= 15 is 0 Å². The predicted molar refractivity (Wildman–Crippen MR) is 95.4 cm³/mol. The van der Waals surface area contributed by atoms with Gasteiger partial charge in [0, 0.05) is 5.69 Å². The molecular weight excluding hydrogens is 336 g/mol. The van der Waals surface area contributed by atoms with Crippen LogP contribution in [0, 0.1) is 0 Å². The zero-order valence-corrected chi connectivity index (χ0v) is 14.6. The molecule has 0 atom stereocenters. The Morgan fingerprint density at radius 1 is 0.885 bits per heavy atom. The molecule has 26 heavy (non-hydrogen) atoms. The van der Waals surface area contributed by atoms with E-state index in [1.54, 1.807) is 62.8 Å². The van der Waals surface area contributed by atoms with Gasteiger partial charge in [-0.15, -0.1) is 5.10 Å². The van der Waals surface area contributed by atoms with Crippen LogP contribution in [0.5, 0.6) is 17.4 Å². The van der Waals surface area contributed by atoms with Crippen molar-refractivity contribution in [1.29, 1.82) is 0 Å². The number of nitrogens with zero attached hydrogens (tertiary/aromatic N) is 3. The molecule has 0 fully saturated rings. The standard InChI is InChI=1S/C18H18N4O4/c1-24-14-8-4-12(5-9-14)19-17(23)16-18(26-3)22(21-20-16)13-6-10-15(25-2)11-7-13/h4-11H,1-3H3,(H,19,23). The smallest absolute Gasteiger partial charge is 0.281 e. The molecule has 3 rings (SSSR count). The van der Waals surface area contributed by atoms with Gasteiger partial charge in [-0.1, -0.05) is 5.21 Å². The maximum Gasteiger partial charge on any atom is 0.281 e. The highest BCUT2D eigenvalue weighted by atomic mass is 16.5. The van der Waals surface area contributed by atoms with Gasteiger partial charge in [-0.2, -0.15) is 4.68 Å². The minimum atomic E-state index is -0.424. The number of benzene rings is 2. The first kappa shape index (κ1) is 17.3. The highest BCUT2D eigenvalue weighted by Crippen LogP contribution is 2.23. The number of amides is 1. The quantitative estimate of drug-likeness (QED) is 0.732. The molecule has 0 unspecified atom stereocenters. The molecule has 1 heterocycles. The maximum absolute atomic E-state index is 12.5. The van der Waals surface area contributed by atoms with E-state index in [2.05, 4.69) is 15.6 Å². The molecule has 8 nitrogen and oxygen atoms in total. The molecule has 134 valence electrons. The highest BCUT2D eigenvalue weighted by molar-refractivity contribution is 6.04. The lowest BCUT2D eigenvalue weighted by Crippen LogP contribution is -2.14. The summed E-state index contributed by atoms with van der Waals surface area (Å²) in [4.78, 5) is 12.5. The first-order valence-electron chi connectivity index (χ1n) is 7.75. The van der Waals surface area contributed by atoms with Crippen molar-refractivity contribution in [3.63, 3.8) is 0 Å². The number of ether oxygens (including phenoxy) is 3. The van der Waals surface area contributed by atoms with Crippen LogP contribution in [0.2, 0.25) is 0 Å². The third kappa shape index (κ3) is 3.44. The molecule has 0 saturated carbocycles. The maximum atomic E-state index is 12.5. The van der Waals surface area contributed by atoms with Crippen molar-refractivity contribution < 1.29 is 19.0 Å². The van der Waals surface area contributed by atoms with Crippen LogP contribution in [0.1, 0.15) is 10.5 Å². The number of carbonyl (C=O) groups excluding carboxylic acids is 1. The van der Waals surface area contributed by atoms with Gasteiger partial charge < -0.3 is 19.5 Å². The van der Waals surface area contributed by atoms with Crippen LogP contribution in [0.3, 0.4) is 0 Å². The summed E-state index contributed by atoms with van der Waals surface area (Å²) in [5.74, 6) is 1.23. The van der Waals surface area contributed by atoms with Gasteiger partial charge in [0.1, 0.15) is 11.5 Å². The third-order valence-corrected chi connectivity index (χ3v) is 3.70. The number of carbonyl (C=O) groups is 1. The van der Waals surface area contributed by atoms with Gasteiger partial charge in [0.15, 0.2) is 0 Å².